The van der Waals surface area contributed by atoms with Crippen LogP contribution in [0.25, 0.3) is 0 Å². The molecular formula is C20H20ClNO7S2. The summed E-state index contributed by atoms with van der Waals surface area (Å²) in [5, 5.41) is -0.936. The molecule has 1 atom stereocenters. The van der Waals surface area contributed by atoms with Crippen LogP contribution in [0.5, 0.6) is 11.5 Å². The third-order valence-electron chi connectivity index (χ3n) is 4.50. The van der Waals surface area contributed by atoms with Gasteiger partial charge in [-0.25, -0.2) is 21.6 Å². The Morgan fingerprint density at radius 1 is 1.00 bits per heavy atom. The summed E-state index contributed by atoms with van der Waals surface area (Å²) < 4.78 is 70.3. The number of rotatable bonds is 9. The lowest BCUT2D eigenvalue weighted by molar-refractivity contribution is 0.392. The molecule has 0 radical (unpaired) electrons. The fourth-order valence-corrected chi connectivity index (χ4v) is 5.93. The van der Waals surface area contributed by atoms with Crippen LogP contribution in [0.2, 0.25) is 5.02 Å². The summed E-state index contributed by atoms with van der Waals surface area (Å²) in [6, 6.07) is 12.9. The summed E-state index contributed by atoms with van der Waals surface area (Å²) in [6.45, 7) is -0.471. The Morgan fingerprint density at radius 3 is 2.29 bits per heavy atom. The first kappa shape index (κ1) is 23.1. The molecule has 11 heteroatoms. The van der Waals surface area contributed by atoms with Crippen molar-refractivity contribution in [2.75, 3.05) is 20.8 Å². The predicted molar refractivity (Wildman–Crippen MR) is 115 cm³/mol. The Kier molecular flexibility index (Phi) is 6.95. The molecule has 3 rings (SSSR count). The zero-order valence-electron chi connectivity index (χ0n) is 16.6. The largest absolute Gasteiger partial charge is 0.497 e. The Morgan fingerprint density at radius 2 is 1.71 bits per heavy atom. The monoisotopic (exact) mass is 485 g/mol. The number of ether oxygens (including phenoxy) is 2. The third-order valence-corrected chi connectivity index (χ3v) is 8.27. The van der Waals surface area contributed by atoms with Crippen molar-refractivity contribution in [1.82, 2.24) is 4.72 Å². The van der Waals surface area contributed by atoms with Crippen LogP contribution >= 0.6 is 11.6 Å². The second-order valence-corrected chi connectivity index (χ2v) is 10.7. The van der Waals surface area contributed by atoms with Gasteiger partial charge in [-0.1, -0.05) is 11.6 Å². The highest BCUT2D eigenvalue weighted by molar-refractivity contribution is 7.92. The van der Waals surface area contributed by atoms with E-state index in [-0.39, 0.29) is 21.3 Å². The number of methoxy groups -OCH3 is 2. The lowest BCUT2D eigenvalue weighted by Gasteiger charge is -2.18. The van der Waals surface area contributed by atoms with Gasteiger partial charge in [-0.05, 0) is 48.5 Å². The van der Waals surface area contributed by atoms with E-state index < -0.39 is 31.7 Å². The maximum atomic E-state index is 13.2. The molecule has 166 valence electrons. The van der Waals surface area contributed by atoms with Crippen molar-refractivity contribution in [2.24, 2.45) is 0 Å². The van der Waals surface area contributed by atoms with Gasteiger partial charge in [0.1, 0.15) is 27.4 Å². The normalized spacial score (nSPS) is 13.0. The first-order valence-electron chi connectivity index (χ1n) is 8.93. The molecule has 0 bridgehead atoms. The van der Waals surface area contributed by atoms with Crippen molar-refractivity contribution in [3.05, 3.63) is 71.6 Å². The Hall–Kier alpha value is -2.53. The van der Waals surface area contributed by atoms with Crippen LogP contribution in [0, 0.1) is 0 Å². The molecule has 0 saturated carbocycles. The molecule has 3 aromatic rings. The second kappa shape index (κ2) is 9.31. The topological polar surface area (TPSA) is 112 Å². The molecule has 1 aromatic heterocycles. The van der Waals surface area contributed by atoms with Crippen LogP contribution < -0.4 is 14.2 Å². The van der Waals surface area contributed by atoms with Gasteiger partial charge in [-0.3, -0.25) is 0 Å². The molecule has 31 heavy (non-hydrogen) atoms. The zero-order valence-corrected chi connectivity index (χ0v) is 19.0. The minimum atomic E-state index is -4.15. The fourth-order valence-electron chi connectivity index (χ4n) is 2.88. The van der Waals surface area contributed by atoms with E-state index in [1.807, 2.05) is 0 Å². The number of hydrogen-bond acceptors (Lipinski definition) is 7. The van der Waals surface area contributed by atoms with Gasteiger partial charge in [0.25, 0.3) is 0 Å². The predicted octanol–water partition coefficient (Wildman–Crippen LogP) is 3.44. The SMILES string of the molecule is COc1ccc(OC)c(S(=O)(=O)NCC(c2ccco2)S(=O)(=O)c2ccc(Cl)cc2)c1. The number of halogens is 1. The summed E-state index contributed by atoms with van der Waals surface area (Å²) >= 11 is 5.86. The van der Waals surface area contributed by atoms with Crippen LogP contribution in [0.15, 0.2) is 75.1 Å². The number of benzene rings is 2. The molecule has 2 aromatic carbocycles. The first-order valence-corrected chi connectivity index (χ1v) is 12.3. The third kappa shape index (κ3) is 5.04. The molecule has 1 heterocycles. The number of sulfone groups is 1. The van der Waals surface area contributed by atoms with Crippen LogP contribution in [-0.2, 0) is 19.9 Å². The van der Waals surface area contributed by atoms with Gasteiger partial charge in [0, 0.05) is 17.6 Å². The number of hydrogen-bond donors (Lipinski definition) is 1. The van der Waals surface area contributed by atoms with E-state index in [1.54, 1.807) is 6.07 Å². The van der Waals surface area contributed by atoms with Gasteiger partial charge in [0.2, 0.25) is 10.0 Å². The maximum absolute atomic E-state index is 13.2. The number of nitrogens with one attached hydrogen (secondary N) is 1. The van der Waals surface area contributed by atoms with Crippen molar-refractivity contribution in [3.63, 3.8) is 0 Å². The van der Waals surface area contributed by atoms with Crippen LogP contribution in [-0.4, -0.2) is 37.6 Å². The standard InChI is InChI=1S/C20H20ClNO7S2/c1-27-15-7-10-17(28-2)19(12-15)31(25,26)22-13-20(18-4-3-11-29-18)30(23,24)16-8-5-14(21)6-9-16/h3-12,20,22H,13H2,1-2H3. The second-order valence-electron chi connectivity index (χ2n) is 6.37. The van der Waals surface area contributed by atoms with Gasteiger partial charge in [0.05, 0.1) is 25.4 Å². The van der Waals surface area contributed by atoms with Crippen molar-refractivity contribution < 1.29 is 30.7 Å². The highest BCUT2D eigenvalue weighted by Crippen LogP contribution is 2.32. The summed E-state index contributed by atoms with van der Waals surface area (Å²) in [7, 11) is -5.43. The zero-order chi connectivity index (χ0) is 22.6. The molecule has 0 saturated heterocycles. The lowest BCUT2D eigenvalue weighted by atomic mass is 10.3. The summed E-state index contributed by atoms with van der Waals surface area (Å²) in [5.41, 5.74) is 0. The van der Waals surface area contributed by atoms with E-state index in [9.17, 15) is 16.8 Å². The summed E-state index contributed by atoms with van der Waals surface area (Å²) in [4.78, 5) is -0.201. The van der Waals surface area contributed by atoms with Gasteiger partial charge in [-0.15, -0.1) is 0 Å². The van der Waals surface area contributed by atoms with Crippen molar-refractivity contribution in [1.29, 1.82) is 0 Å². The highest BCUT2D eigenvalue weighted by Gasteiger charge is 2.33. The van der Waals surface area contributed by atoms with Gasteiger partial charge < -0.3 is 13.9 Å². The highest BCUT2D eigenvalue weighted by atomic mass is 35.5. The smallest absolute Gasteiger partial charge is 0.244 e. The maximum Gasteiger partial charge on any atom is 0.244 e. The molecule has 0 aliphatic heterocycles. The van der Waals surface area contributed by atoms with E-state index in [2.05, 4.69) is 4.72 Å². The van der Waals surface area contributed by atoms with E-state index in [0.29, 0.717) is 10.8 Å². The minimum Gasteiger partial charge on any atom is -0.497 e. The molecule has 0 aliphatic rings. The van der Waals surface area contributed by atoms with Gasteiger partial charge in [-0.2, -0.15) is 0 Å². The Bertz CT molecular complexity index is 1240. The average Bonchev–Trinajstić information content (AvgIpc) is 3.27. The van der Waals surface area contributed by atoms with Crippen LogP contribution in [0.3, 0.4) is 0 Å². The molecule has 1 unspecified atom stereocenters. The molecule has 0 fully saturated rings. The molecule has 0 spiro atoms. The van der Waals surface area contributed by atoms with E-state index in [0.717, 1.165) is 0 Å². The van der Waals surface area contributed by atoms with E-state index in [1.165, 1.54) is 69.0 Å². The molecular weight excluding hydrogens is 466 g/mol. The van der Waals surface area contributed by atoms with Crippen molar-refractivity contribution in [2.45, 2.75) is 15.0 Å². The van der Waals surface area contributed by atoms with E-state index in [4.69, 9.17) is 25.5 Å². The summed E-state index contributed by atoms with van der Waals surface area (Å²) in [5.74, 6) is 0.483. The molecule has 0 aliphatic carbocycles. The number of sulfonamides is 1. The van der Waals surface area contributed by atoms with Gasteiger partial charge >= 0.3 is 0 Å². The quantitative estimate of drug-likeness (QED) is 0.494. The molecule has 1 N–H and O–H groups in total. The Labute approximate surface area is 185 Å². The molecule has 0 amide bonds. The van der Waals surface area contributed by atoms with Crippen molar-refractivity contribution in [3.8, 4) is 11.5 Å². The first-order chi connectivity index (χ1) is 14.7. The van der Waals surface area contributed by atoms with Crippen LogP contribution in [0.4, 0.5) is 0 Å². The molecule has 8 nitrogen and oxygen atoms in total. The lowest BCUT2D eigenvalue weighted by Crippen LogP contribution is -2.32. The van der Waals surface area contributed by atoms with Crippen molar-refractivity contribution >= 4 is 31.5 Å². The van der Waals surface area contributed by atoms with Gasteiger partial charge in [0.15, 0.2) is 9.84 Å². The number of furan rings is 1. The van der Waals surface area contributed by atoms with Crippen LogP contribution in [0.1, 0.15) is 11.0 Å². The fraction of sp³-hybridized carbons (Fsp3) is 0.200. The van der Waals surface area contributed by atoms with E-state index >= 15 is 0 Å². The minimum absolute atomic E-state index is 0.0172. The Balaban J connectivity index is 1.96. The summed E-state index contributed by atoms with van der Waals surface area (Å²) in [6.07, 6.45) is 1.32. The average molecular weight is 486 g/mol.